The summed E-state index contributed by atoms with van der Waals surface area (Å²) in [5.74, 6) is -21.5. The molecule has 2 rings (SSSR count). The smallest absolute Gasteiger partial charge is 0.200 e. The standard InChI is InChI=1S/C13H2BrF9/c14-1-2-3(6(16)10(20)9(19)5(2)15)4-7(17)11(21)13(23)12(22)8(4)18/h1H2. The molecule has 0 saturated carbocycles. The lowest BCUT2D eigenvalue weighted by atomic mass is 9.97. The number of benzene rings is 2. The van der Waals surface area contributed by atoms with Gasteiger partial charge in [-0.3, -0.25) is 0 Å². The van der Waals surface area contributed by atoms with Crippen LogP contribution in [0.15, 0.2) is 0 Å². The lowest BCUT2D eigenvalue weighted by molar-refractivity contribution is 0.379. The van der Waals surface area contributed by atoms with Crippen LogP contribution in [0.5, 0.6) is 0 Å². The molecule has 0 aliphatic carbocycles. The molecule has 23 heavy (non-hydrogen) atoms. The van der Waals surface area contributed by atoms with E-state index in [2.05, 4.69) is 15.9 Å². The van der Waals surface area contributed by atoms with E-state index in [9.17, 15) is 39.5 Å². The van der Waals surface area contributed by atoms with Crippen LogP contribution < -0.4 is 0 Å². The van der Waals surface area contributed by atoms with Crippen molar-refractivity contribution in [3.63, 3.8) is 0 Å². The van der Waals surface area contributed by atoms with Crippen molar-refractivity contribution < 1.29 is 39.5 Å². The van der Waals surface area contributed by atoms with E-state index in [1.165, 1.54) is 0 Å². The summed E-state index contributed by atoms with van der Waals surface area (Å²) in [7, 11) is 0. The van der Waals surface area contributed by atoms with Gasteiger partial charge in [-0.2, -0.15) is 0 Å². The van der Waals surface area contributed by atoms with Crippen molar-refractivity contribution in [3.05, 3.63) is 57.9 Å². The highest BCUT2D eigenvalue weighted by Crippen LogP contribution is 2.38. The van der Waals surface area contributed by atoms with Crippen molar-refractivity contribution in [2.45, 2.75) is 5.33 Å². The Kier molecular flexibility index (Phi) is 4.65. The summed E-state index contributed by atoms with van der Waals surface area (Å²) in [6.45, 7) is 0. The summed E-state index contributed by atoms with van der Waals surface area (Å²) in [5, 5.41) is -0.790. The second-order valence-corrected chi connectivity index (χ2v) is 4.75. The van der Waals surface area contributed by atoms with Gasteiger partial charge in [-0.1, -0.05) is 15.9 Å². The van der Waals surface area contributed by atoms with Gasteiger partial charge in [0.1, 0.15) is 0 Å². The van der Waals surface area contributed by atoms with Crippen LogP contribution in [0.3, 0.4) is 0 Å². The molecule has 0 N–H and O–H groups in total. The van der Waals surface area contributed by atoms with Crippen LogP contribution in [0.4, 0.5) is 39.5 Å². The monoisotopic (exact) mass is 408 g/mol. The van der Waals surface area contributed by atoms with Crippen LogP contribution in [-0.4, -0.2) is 0 Å². The van der Waals surface area contributed by atoms with Gasteiger partial charge in [0.2, 0.25) is 5.82 Å². The molecule has 0 saturated heterocycles. The predicted octanol–water partition coefficient (Wildman–Crippen LogP) is 5.50. The first kappa shape index (κ1) is 17.6. The Morgan fingerprint density at radius 1 is 0.435 bits per heavy atom. The third-order valence-electron chi connectivity index (χ3n) is 2.96. The molecular weight excluding hydrogens is 407 g/mol. The molecule has 2 aromatic carbocycles. The topological polar surface area (TPSA) is 0 Å². The molecule has 10 heteroatoms. The molecule has 124 valence electrons. The van der Waals surface area contributed by atoms with E-state index >= 15 is 0 Å². The minimum absolute atomic E-state index is 0.790. The normalized spacial score (nSPS) is 11.2. The summed E-state index contributed by atoms with van der Waals surface area (Å²) in [6.07, 6.45) is 0. The Labute approximate surface area is 130 Å². The zero-order valence-electron chi connectivity index (χ0n) is 10.5. The minimum Gasteiger partial charge on any atom is -0.203 e. The van der Waals surface area contributed by atoms with E-state index in [-0.39, 0.29) is 0 Å². The molecule has 0 nitrogen and oxygen atoms in total. The number of alkyl halides is 1. The molecule has 0 unspecified atom stereocenters. The first-order valence-electron chi connectivity index (χ1n) is 5.57. The fourth-order valence-electron chi connectivity index (χ4n) is 1.89. The zero-order valence-corrected chi connectivity index (χ0v) is 12.1. The summed E-state index contributed by atoms with van der Waals surface area (Å²) in [4.78, 5) is 0. The van der Waals surface area contributed by atoms with Crippen molar-refractivity contribution in [1.29, 1.82) is 0 Å². The quantitative estimate of drug-likeness (QED) is 0.266. The highest BCUT2D eigenvalue weighted by molar-refractivity contribution is 9.08. The van der Waals surface area contributed by atoms with Gasteiger partial charge >= 0.3 is 0 Å². The third-order valence-corrected chi connectivity index (χ3v) is 3.52. The van der Waals surface area contributed by atoms with E-state index in [0.29, 0.717) is 0 Å². The SMILES string of the molecule is Fc1c(F)c(F)c(-c2c(F)c(F)c(F)c(F)c2CBr)c(F)c1F. The molecule has 2 aromatic rings. The highest BCUT2D eigenvalue weighted by Gasteiger charge is 2.33. The largest absolute Gasteiger partial charge is 0.203 e. The Hall–Kier alpha value is -1.71. The van der Waals surface area contributed by atoms with Crippen molar-refractivity contribution in [1.82, 2.24) is 0 Å². The Morgan fingerprint density at radius 2 is 0.739 bits per heavy atom. The van der Waals surface area contributed by atoms with E-state index < -0.39 is 74.4 Å². The predicted molar refractivity (Wildman–Crippen MR) is 64.1 cm³/mol. The second-order valence-electron chi connectivity index (χ2n) is 4.19. The fourth-order valence-corrected chi connectivity index (χ4v) is 2.41. The maximum Gasteiger partial charge on any atom is 0.200 e. The van der Waals surface area contributed by atoms with Crippen molar-refractivity contribution in [2.24, 2.45) is 0 Å². The van der Waals surface area contributed by atoms with E-state index in [1.807, 2.05) is 0 Å². The third kappa shape index (κ3) is 2.48. The van der Waals surface area contributed by atoms with Crippen molar-refractivity contribution in [3.8, 4) is 11.1 Å². The Morgan fingerprint density at radius 3 is 1.13 bits per heavy atom. The zero-order chi connectivity index (χ0) is 17.6. The van der Waals surface area contributed by atoms with Gasteiger partial charge in [0, 0.05) is 16.5 Å². The first-order valence-corrected chi connectivity index (χ1v) is 6.69. The average Bonchev–Trinajstić information content (AvgIpc) is 2.54. The molecule has 0 bridgehead atoms. The number of hydrogen-bond acceptors (Lipinski definition) is 0. The summed E-state index contributed by atoms with van der Waals surface area (Å²) < 4.78 is 121. The molecular formula is C13H2BrF9. The molecule has 0 heterocycles. The maximum atomic E-state index is 13.8. The van der Waals surface area contributed by atoms with E-state index in [0.717, 1.165) is 0 Å². The summed E-state index contributed by atoms with van der Waals surface area (Å²) >= 11 is 2.55. The Balaban J connectivity index is 3.06. The lowest BCUT2D eigenvalue weighted by Crippen LogP contribution is -2.10. The molecule has 0 aliphatic rings. The summed E-state index contributed by atoms with van der Waals surface area (Å²) in [5.41, 5.74) is -4.65. The highest BCUT2D eigenvalue weighted by atomic mass is 79.9. The molecule has 0 radical (unpaired) electrons. The van der Waals surface area contributed by atoms with E-state index in [4.69, 9.17) is 0 Å². The molecule has 0 spiro atoms. The van der Waals surface area contributed by atoms with Gasteiger partial charge in [-0.25, -0.2) is 39.5 Å². The van der Waals surface area contributed by atoms with Crippen molar-refractivity contribution in [2.75, 3.05) is 0 Å². The number of hydrogen-bond donors (Lipinski definition) is 0. The lowest BCUT2D eigenvalue weighted by Gasteiger charge is -2.14. The Bertz CT molecular complexity index is 787. The van der Waals surface area contributed by atoms with Crippen LogP contribution in [0.1, 0.15) is 5.56 Å². The molecule has 0 atom stereocenters. The van der Waals surface area contributed by atoms with Crippen LogP contribution in [0, 0.1) is 52.4 Å². The van der Waals surface area contributed by atoms with E-state index in [1.54, 1.807) is 0 Å². The first-order chi connectivity index (χ1) is 10.6. The maximum absolute atomic E-state index is 13.8. The molecule has 0 fully saturated rings. The van der Waals surface area contributed by atoms with Crippen LogP contribution in [0.25, 0.3) is 11.1 Å². The number of halogens is 10. The average molecular weight is 409 g/mol. The van der Waals surface area contributed by atoms with Gasteiger partial charge in [0.05, 0.1) is 5.56 Å². The van der Waals surface area contributed by atoms with Crippen LogP contribution in [0.2, 0.25) is 0 Å². The molecule has 0 amide bonds. The van der Waals surface area contributed by atoms with Gasteiger partial charge in [0.15, 0.2) is 46.5 Å². The number of rotatable bonds is 2. The van der Waals surface area contributed by atoms with Gasteiger partial charge in [0.25, 0.3) is 0 Å². The summed E-state index contributed by atoms with van der Waals surface area (Å²) in [6, 6.07) is 0. The van der Waals surface area contributed by atoms with Crippen LogP contribution in [-0.2, 0) is 5.33 Å². The van der Waals surface area contributed by atoms with Crippen LogP contribution >= 0.6 is 15.9 Å². The van der Waals surface area contributed by atoms with Gasteiger partial charge in [-0.15, -0.1) is 0 Å². The molecule has 0 aliphatic heterocycles. The van der Waals surface area contributed by atoms with Crippen molar-refractivity contribution >= 4 is 15.9 Å². The molecule has 0 aromatic heterocycles. The van der Waals surface area contributed by atoms with Gasteiger partial charge in [-0.05, 0) is 0 Å². The second kappa shape index (κ2) is 6.06. The fraction of sp³-hybridized carbons (Fsp3) is 0.0769. The van der Waals surface area contributed by atoms with Gasteiger partial charge < -0.3 is 0 Å². The minimum atomic E-state index is -2.53.